The summed E-state index contributed by atoms with van der Waals surface area (Å²) in [4.78, 5) is 9.37. The van der Waals surface area contributed by atoms with E-state index in [0.29, 0.717) is 6.04 Å². The van der Waals surface area contributed by atoms with Crippen LogP contribution in [0.3, 0.4) is 0 Å². The van der Waals surface area contributed by atoms with E-state index in [-0.39, 0.29) is 0 Å². The number of nitrogens with two attached hydrogens (primary N) is 1. The van der Waals surface area contributed by atoms with E-state index in [1.165, 1.54) is 77.5 Å². The normalized spacial score (nSPS) is 16.4. The first-order valence-electron chi connectivity index (χ1n) is 11.9. The van der Waals surface area contributed by atoms with Crippen LogP contribution < -0.4 is 11.1 Å². The number of benzene rings is 2. The SMILES string of the molecule is C=O.CN.Cc1cn(C(C)Cc2ccc3c(c2)CNC3)c2ccc(SN3CCCCC3)cc12. The number of aromatic nitrogens is 1. The maximum atomic E-state index is 8.00. The van der Waals surface area contributed by atoms with Crippen molar-refractivity contribution in [2.45, 2.75) is 63.6 Å². The highest BCUT2D eigenvalue weighted by molar-refractivity contribution is 7.97. The number of fused-ring (bicyclic) bond motifs is 2. The Hall–Kier alpha value is -2.12. The average Bonchev–Trinajstić information content (AvgIpc) is 3.46. The highest BCUT2D eigenvalue weighted by atomic mass is 32.2. The summed E-state index contributed by atoms with van der Waals surface area (Å²) in [5, 5.41) is 4.85. The minimum Gasteiger partial charge on any atom is -0.344 e. The molecule has 1 unspecified atom stereocenters. The lowest BCUT2D eigenvalue weighted by molar-refractivity contribution is -0.0979. The van der Waals surface area contributed by atoms with Gasteiger partial charge in [0.25, 0.3) is 0 Å². The van der Waals surface area contributed by atoms with E-state index in [4.69, 9.17) is 4.79 Å². The van der Waals surface area contributed by atoms with Gasteiger partial charge < -0.3 is 20.4 Å². The fourth-order valence-corrected chi connectivity index (χ4v) is 5.88. The predicted molar refractivity (Wildman–Crippen MR) is 141 cm³/mol. The molecule has 5 nitrogen and oxygen atoms in total. The lowest BCUT2D eigenvalue weighted by Crippen LogP contribution is -2.22. The molecule has 3 heterocycles. The molecule has 0 bridgehead atoms. The van der Waals surface area contributed by atoms with Crippen molar-refractivity contribution in [3.63, 3.8) is 0 Å². The molecular formula is C27H38N4OS. The quantitative estimate of drug-likeness (QED) is 0.504. The summed E-state index contributed by atoms with van der Waals surface area (Å²) in [6, 6.07) is 14.5. The van der Waals surface area contributed by atoms with E-state index in [1.807, 2.05) is 18.7 Å². The van der Waals surface area contributed by atoms with Gasteiger partial charge in [-0.1, -0.05) is 24.6 Å². The van der Waals surface area contributed by atoms with Gasteiger partial charge in [-0.2, -0.15) is 0 Å². The number of carbonyl (C=O) groups is 1. The fourth-order valence-electron chi connectivity index (χ4n) is 4.85. The molecule has 1 aromatic heterocycles. The van der Waals surface area contributed by atoms with Crippen LogP contribution in [0.15, 0.2) is 47.5 Å². The minimum absolute atomic E-state index is 0.444. The van der Waals surface area contributed by atoms with Crippen LogP contribution in [0.2, 0.25) is 0 Å². The van der Waals surface area contributed by atoms with Crippen molar-refractivity contribution in [2.24, 2.45) is 5.73 Å². The van der Waals surface area contributed by atoms with E-state index >= 15 is 0 Å². The number of nitrogens with zero attached hydrogens (tertiary/aromatic N) is 2. The summed E-state index contributed by atoms with van der Waals surface area (Å²) in [5.41, 5.74) is 11.6. The molecule has 2 aromatic carbocycles. The largest absolute Gasteiger partial charge is 0.344 e. The van der Waals surface area contributed by atoms with Gasteiger partial charge in [0.1, 0.15) is 6.79 Å². The predicted octanol–water partition coefficient (Wildman–Crippen LogP) is 5.24. The van der Waals surface area contributed by atoms with Gasteiger partial charge in [-0.3, -0.25) is 0 Å². The van der Waals surface area contributed by atoms with Crippen LogP contribution in [0, 0.1) is 6.92 Å². The van der Waals surface area contributed by atoms with E-state index in [1.54, 1.807) is 0 Å². The smallest absolute Gasteiger partial charge is 0.106 e. The second-order valence-electron chi connectivity index (χ2n) is 8.74. The van der Waals surface area contributed by atoms with E-state index in [0.717, 1.165) is 19.5 Å². The molecule has 3 N–H and O–H groups in total. The number of rotatable bonds is 5. The first-order chi connectivity index (χ1) is 16.2. The zero-order valence-electron chi connectivity index (χ0n) is 20.3. The van der Waals surface area contributed by atoms with Gasteiger partial charge in [-0.15, -0.1) is 0 Å². The maximum Gasteiger partial charge on any atom is 0.106 e. The Bertz CT molecular complexity index is 1040. The summed E-state index contributed by atoms with van der Waals surface area (Å²) in [6.45, 7) is 11.1. The molecule has 0 amide bonds. The Labute approximate surface area is 202 Å². The molecule has 1 atom stereocenters. The van der Waals surface area contributed by atoms with Crippen LogP contribution >= 0.6 is 11.9 Å². The van der Waals surface area contributed by atoms with Gasteiger partial charge in [-0.25, -0.2) is 4.31 Å². The first kappa shape index (κ1) is 25.5. The van der Waals surface area contributed by atoms with E-state index in [9.17, 15) is 0 Å². The number of hydrogen-bond donors (Lipinski definition) is 2. The second kappa shape index (κ2) is 12.4. The molecule has 0 aliphatic carbocycles. The highest BCUT2D eigenvalue weighted by Crippen LogP contribution is 2.32. The van der Waals surface area contributed by atoms with Gasteiger partial charge >= 0.3 is 0 Å². The third kappa shape index (κ3) is 6.07. The van der Waals surface area contributed by atoms with Crippen molar-refractivity contribution in [2.75, 3.05) is 20.1 Å². The molecule has 3 aromatic rings. The average molecular weight is 467 g/mol. The summed E-state index contributed by atoms with van der Waals surface area (Å²) in [7, 11) is 1.50. The molecule has 1 fully saturated rings. The Balaban J connectivity index is 0.000000728. The Kier molecular flexibility index (Phi) is 9.56. The van der Waals surface area contributed by atoms with Crippen molar-refractivity contribution >= 4 is 29.6 Å². The molecule has 33 heavy (non-hydrogen) atoms. The van der Waals surface area contributed by atoms with Crippen LogP contribution in [-0.2, 0) is 24.3 Å². The van der Waals surface area contributed by atoms with E-state index < -0.39 is 0 Å². The van der Waals surface area contributed by atoms with Crippen molar-refractivity contribution in [1.82, 2.24) is 14.2 Å². The molecular weight excluding hydrogens is 428 g/mol. The lowest BCUT2D eigenvalue weighted by atomic mass is 10.0. The molecule has 0 saturated carbocycles. The topological polar surface area (TPSA) is 63.3 Å². The number of hydrogen-bond acceptors (Lipinski definition) is 5. The number of nitrogens with one attached hydrogen (secondary N) is 1. The van der Waals surface area contributed by atoms with Crippen molar-refractivity contribution in [3.05, 3.63) is 64.8 Å². The highest BCUT2D eigenvalue weighted by Gasteiger charge is 2.16. The maximum absolute atomic E-state index is 8.00. The van der Waals surface area contributed by atoms with Crippen molar-refractivity contribution in [3.8, 4) is 0 Å². The van der Waals surface area contributed by atoms with Crippen LogP contribution in [0.1, 0.15) is 54.5 Å². The standard InChI is InChI=1S/C25H31N3S.CH5N.CH2O/c1-18-17-28(19(2)12-20-6-7-21-15-26-16-22(21)13-20)25-9-8-23(14-24(18)25)29-27-10-4-3-5-11-27;2*1-2/h6-9,13-14,17,19,26H,3-5,10-12,15-16H2,1-2H3;2H2,1H3;1H2. The van der Waals surface area contributed by atoms with E-state index in [2.05, 4.69) is 76.4 Å². The summed E-state index contributed by atoms with van der Waals surface area (Å²) in [5.74, 6) is 0. The van der Waals surface area contributed by atoms with Gasteiger partial charge in [0.05, 0.1) is 0 Å². The van der Waals surface area contributed by atoms with Gasteiger partial charge in [0, 0.05) is 54.2 Å². The molecule has 5 rings (SSSR count). The van der Waals surface area contributed by atoms with Crippen molar-refractivity contribution < 1.29 is 4.79 Å². The molecule has 2 aliphatic rings. The lowest BCUT2D eigenvalue weighted by Gasteiger charge is -2.25. The summed E-state index contributed by atoms with van der Waals surface area (Å²) in [6.07, 6.45) is 7.47. The zero-order chi connectivity index (χ0) is 23.8. The molecule has 1 saturated heterocycles. The zero-order valence-corrected chi connectivity index (χ0v) is 21.1. The first-order valence-corrected chi connectivity index (χ1v) is 12.7. The molecule has 0 radical (unpaired) electrons. The minimum atomic E-state index is 0.444. The number of aryl methyl sites for hydroxylation is 1. The van der Waals surface area contributed by atoms with Gasteiger partial charge in [0.15, 0.2) is 0 Å². The van der Waals surface area contributed by atoms with Crippen LogP contribution in [0.5, 0.6) is 0 Å². The Morgan fingerprint density at radius 3 is 2.52 bits per heavy atom. The number of carbonyl (C=O) groups excluding carboxylic acids is 1. The van der Waals surface area contributed by atoms with Crippen LogP contribution in [0.25, 0.3) is 10.9 Å². The summed E-state index contributed by atoms with van der Waals surface area (Å²) < 4.78 is 5.01. The third-order valence-electron chi connectivity index (χ3n) is 6.46. The summed E-state index contributed by atoms with van der Waals surface area (Å²) >= 11 is 1.94. The van der Waals surface area contributed by atoms with Crippen LogP contribution in [0.4, 0.5) is 0 Å². The molecule has 178 valence electrons. The van der Waals surface area contributed by atoms with Gasteiger partial charge in [-0.05, 0) is 92.6 Å². The second-order valence-corrected chi connectivity index (χ2v) is 9.91. The Morgan fingerprint density at radius 1 is 1.03 bits per heavy atom. The van der Waals surface area contributed by atoms with Crippen LogP contribution in [-0.4, -0.2) is 35.8 Å². The van der Waals surface area contributed by atoms with Gasteiger partial charge in [0.2, 0.25) is 0 Å². The van der Waals surface area contributed by atoms with Crippen molar-refractivity contribution in [1.29, 1.82) is 0 Å². The molecule has 2 aliphatic heterocycles. The fraction of sp³-hybridized carbons (Fsp3) is 0.444. The molecule has 6 heteroatoms. The monoisotopic (exact) mass is 466 g/mol. The third-order valence-corrected chi connectivity index (χ3v) is 7.55. The molecule has 0 spiro atoms. The number of piperidine rings is 1. The Morgan fingerprint density at radius 2 is 1.76 bits per heavy atom.